The number of ether oxygens (including phenoxy) is 1. The molecule has 0 aromatic heterocycles. The lowest BCUT2D eigenvalue weighted by molar-refractivity contribution is -0.147. The van der Waals surface area contributed by atoms with Crippen LogP contribution in [0.25, 0.3) is 0 Å². The van der Waals surface area contributed by atoms with Crippen molar-refractivity contribution < 1.29 is 14.3 Å². The Kier molecular flexibility index (Phi) is 5.25. The molecule has 1 N–H and O–H groups in total. The summed E-state index contributed by atoms with van der Waals surface area (Å²) in [7, 11) is 0. The summed E-state index contributed by atoms with van der Waals surface area (Å²) in [4.78, 5) is 24.6. The van der Waals surface area contributed by atoms with Gasteiger partial charge < -0.3 is 15.0 Å². The van der Waals surface area contributed by atoms with E-state index in [1.54, 1.807) is 11.8 Å². The standard InChI is InChI=1S/C11H20N2O3/c1-3-6-12-9-5-7-13(11(9)15)8-10(14)16-4-2/h9,12H,3-8H2,1-2H3. The number of likely N-dealkylation sites (tertiary alicyclic amines) is 1. The maximum atomic E-state index is 11.8. The number of nitrogens with zero attached hydrogens (tertiary/aromatic N) is 1. The molecule has 0 aromatic carbocycles. The van der Waals surface area contributed by atoms with Crippen LogP contribution >= 0.6 is 0 Å². The highest BCUT2D eigenvalue weighted by molar-refractivity contribution is 5.87. The van der Waals surface area contributed by atoms with Gasteiger partial charge in [0.05, 0.1) is 12.6 Å². The molecule has 92 valence electrons. The molecule has 5 nitrogen and oxygen atoms in total. The number of amides is 1. The number of carbonyl (C=O) groups excluding carboxylic acids is 2. The molecule has 16 heavy (non-hydrogen) atoms. The van der Waals surface area contributed by atoms with Crippen LogP contribution in [0.5, 0.6) is 0 Å². The minimum absolute atomic E-state index is 0.0153. The van der Waals surface area contributed by atoms with Gasteiger partial charge in [-0.3, -0.25) is 9.59 Å². The summed E-state index contributed by atoms with van der Waals surface area (Å²) >= 11 is 0. The molecule has 1 aliphatic rings. The molecule has 1 atom stereocenters. The van der Waals surface area contributed by atoms with Crippen LogP contribution in [0.4, 0.5) is 0 Å². The molecule has 5 heteroatoms. The van der Waals surface area contributed by atoms with Gasteiger partial charge in [-0.25, -0.2) is 0 Å². The first kappa shape index (κ1) is 13.0. The lowest BCUT2D eigenvalue weighted by Crippen LogP contribution is -2.40. The predicted octanol–water partition coefficient (Wildman–Crippen LogP) is 0.150. The van der Waals surface area contributed by atoms with Crippen LogP contribution in [0.2, 0.25) is 0 Å². The third-order valence-corrected chi connectivity index (χ3v) is 2.56. The van der Waals surface area contributed by atoms with Gasteiger partial charge >= 0.3 is 5.97 Å². The Labute approximate surface area is 96.1 Å². The topological polar surface area (TPSA) is 58.6 Å². The maximum Gasteiger partial charge on any atom is 0.325 e. The van der Waals surface area contributed by atoms with E-state index in [1.807, 2.05) is 0 Å². The summed E-state index contributed by atoms with van der Waals surface area (Å²) in [5.74, 6) is -0.312. The molecular weight excluding hydrogens is 208 g/mol. The van der Waals surface area contributed by atoms with Gasteiger partial charge in [0.15, 0.2) is 0 Å². The van der Waals surface area contributed by atoms with Crippen LogP contribution < -0.4 is 5.32 Å². The zero-order valence-electron chi connectivity index (χ0n) is 9.99. The van der Waals surface area contributed by atoms with Crippen LogP contribution in [0, 0.1) is 0 Å². The highest BCUT2D eigenvalue weighted by Gasteiger charge is 2.32. The van der Waals surface area contributed by atoms with Crippen LogP contribution in [0.3, 0.4) is 0 Å². The van der Waals surface area contributed by atoms with Gasteiger partial charge in [-0.1, -0.05) is 6.92 Å². The van der Waals surface area contributed by atoms with Crippen molar-refractivity contribution in [1.29, 1.82) is 0 Å². The first-order chi connectivity index (χ1) is 7.69. The zero-order valence-corrected chi connectivity index (χ0v) is 9.99. The molecule has 1 saturated heterocycles. The number of rotatable bonds is 6. The first-order valence-corrected chi connectivity index (χ1v) is 5.86. The summed E-state index contributed by atoms with van der Waals surface area (Å²) in [5, 5.41) is 3.17. The Balaban J connectivity index is 2.35. The second-order valence-electron chi connectivity index (χ2n) is 3.86. The first-order valence-electron chi connectivity index (χ1n) is 5.86. The Morgan fingerprint density at radius 1 is 1.56 bits per heavy atom. The van der Waals surface area contributed by atoms with Crippen molar-refractivity contribution in [3.05, 3.63) is 0 Å². The Hall–Kier alpha value is -1.10. The highest BCUT2D eigenvalue weighted by Crippen LogP contribution is 2.10. The lowest BCUT2D eigenvalue weighted by atomic mass is 10.2. The van der Waals surface area contributed by atoms with Crippen molar-refractivity contribution in [3.63, 3.8) is 0 Å². The average molecular weight is 228 g/mol. The SMILES string of the molecule is CCCNC1CCN(CC(=O)OCC)C1=O. The van der Waals surface area contributed by atoms with Crippen molar-refractivity contribution in [2.24, 2.45) is 0 Å². The maximum absolute atomic E-state index is 11.8. The monoisotopic (exact) mass is 228 g/mol. The molecule has 0 spiro atoms. The van der Waals surface area contributed by atoms with Crippen molar-refractivity contribution in [2.75, 3.05) is 26.2 Å². The minimum Gasteiger partial charge on any atom is -0.465 e. The van der Waals surface area contributed by atoms with Gasteiger partial charge in [0.2, 0.25) is 5.91 Å². The van der Waals surface area contributed by atoms with Gasteiger partial charge in [0.1, 0.15) is 6.54 Å². The van der Waals surface area contributed by atoms with E-state index >= 15 is 0 Å². The van der Waals surface area contributed by atoms with Crippen molar-refractivity contribution in [3.8, 4) is 0 Å². The van der Waals surface area contributed by atoms with Gasteiger partial charge in [-0.05, 0) is 26.3 Å². The van der Waals surface area contributed by atoms with E-state index in [2.05, 4.69) is 12.2 Å². The number of nitrogens with one attached hydrogen (secondary N) is 1. The molecule has 1 amide bonds. The van der Waals surface area contributed by atoms with Gasteiger partial charge in [-0.15, -0.1) is 0 Å². The predicted molar refractivity (Wildman–Crippen MR) is 59.9 cm³/mol. The minimum atomic E-state index is -0.327. The zero-order chi connectivity index (χ0) is 12.0. The molecular formula is C11H20N2O3. The van der Waals surface area contributed by atoms with Crippen LogP contribution in [0.15, 0.2) is 0 Å². The molecule has 1 aliphatic heterocycles. The molecule has 0 radical (unpaired) electrons. The van der Waals surface area contributed by atoms with E-state index in [-0.39, 0.29) is 24.5 Å². The van der Waals surface area contributed by atoms with Gasteiger partial charge in [0, 0.05) is 6.54 Å². The molecule has 1 rings (SSSR count). The van der Waals surface area contributed by atoms with E-state index in [0.717, 1.165) is 19.4 Å². The summed E-state index contributed by atoms with van der Waals surface area (Å²) in [6, 6.07) is -0.116. The second-order valence-corrected chi connectivity index (χ2v) is 3.86. The molecule has 1 fully saturated rings. The third-order valence-electron chi connectivity index (χ3n) is 2.56. The fraction of sp³-hybridized carbons (Fsp3) is 0.818. The van der Waals surface area contributed by atoms with Crippen LogP contribution in [-0.4, -0.2) is 49.1 Å². The Morgan fingerprint density at radius 2 is 2.31 bits per heavy atom. The molecule has 0 aliphatic carbocycles. The van der Waals surface area contributed by atoms with Gasteiger partial charge in [0.25, 0.3) is 0 Å². The number of hydrogen-bond donors (Lipinski definition) is 1. The van der Waals surface area contributed by atoms with Crippen molar-refractivity contribution in [1.82, 2.24) is 10.2 Å². The van der Waals surface area contributed by atoms with E-state index < -0.39 is 0 Å². The fourth-order valence-corrected chi connectivity index (χ4v) is 1.77. The van der Waals surface area contributed by atoms with Crippen molar-refractivity contribution >= 4 is 11.9 Å². The molecule has 0 saturated carbocycles. The number of hydrogen-bond acceptors (Lipinski definition) is 4. The Bertz CT molecular complexity index is 256. The van der Waals surface area contributed by atoms with E-state index in [1.165, 1.54) is 0 Å². The second kappa shape index (κ2) is 6.48. The van der Waals surface area contributed by atoms with Crippen LogP contribution in [-0.2, 0) is 14.3 Å². The largest absolute Gasteiger partial charge is 0.465 e. The summed E-state index contributed by atoms with van der Waals surface area (Å²) in [5.41, 5.74) is 0. The Morgan fingerprint density at radius 3 is 2.94 bits per heavy atom. The fourth-order valence-electron chi connectivity index (χ4n) is 1.77. The normalized spacial score (nSPS) is 20.2. The molecule has 1 heterocycles. The smallest absolute Gasteiger partial charge is 0.325 e. The quantitative estimate of drug-likeness (QED) is 0.657. The average Bonchev–Trinajstić information content (AvgIpc) is 2.58. The van der Waals surface area contributed by atoms with Crippen molar-refractivity contribution in [2.45, 2.75) is 32.7 Å². The van der Waals surface area contributed by atoms with E-state index in [0.29, 0.717) is 13.2 Å². The third kappa shape index (κ3) is 3.48. The summed E-state index contributed by atoms with van der Waals surface area (Å²) < 4.78 is 4.82. The lowest BCUT2D eigenvalue weighted by Gasteiger charge is -2.15. The van der Waals surface area contributed by atoms with Gasteiger partial charge in [-0.2, -0.15) is 0 Å². The summed E-state index contributed by atoms with van der Waals surface area (Å²) in [6.45, 7) is 5.73. The highest BCUT2D eigenvalue weighted by atomic mass is 16.5. The number of esters is 1. The van der Waals surface area contributed by atoms with E-state index in [4.69, 9.17) is 4.74 Å². The van der Waals surface area contributed by atoms with Crippen LogP contribution in [0.1, 0.15) is 26.7 Å². The number of carbonyl (C=O) groups is 2. The summed E-state index contributed by atoms with van der Waals surface area (Å²) in [6.07, 6.45) is 1.78. The van der Waals surface area contributed by atoms with E-state index in [9.17, 15) is 9.59 Å². The molecule has 1 unspecified atom stereocenters. The molecule has 0 bridgehead atoms. The molecule has 0 aromatic rings.